The molecule has 0 fully saturated rings. The first kappa shape index (κ1) is 18.7. The summed E-state index contributed by atoms with van der Waals surface area (Å²) in [4.78, 5) is 23.1. The first-order valence-corrected chi connectivity index (χ1v) is 7.67. The van der Waals surface area contributed by atoms with Crippen molar-refractivity contribution in [2.45, 2.75) is 26.2 Å². The van der Waals surface area contributed by atoms with Crippen molar-refractivity contribution in [3.8, 4) is 0 Å². The number of rotatable bonds is 8. The highest BCUT2D eigenvalue weighted by atomic mass is 16.5. The van der Waals surface area contributed by atoms with E-state index in [2.05, 4.69) is 34.6 Å². The summed E-state index contributed by atoms with van der Waals surface area (Å²) in [5.41, 5.74) is 2.44. The maximum absolute atomic E-state index is 11.6. The Balaban J connectivity index is 2.63. The Labute approximate surface area is 137 Å². The van der Waals surface area contributed by atoms with Crippen LogP contribution in [0, 0.1) is 5.92 Å². The molecule has 0 aliphatic carbocycles. The van der Waals surface area contributed by atoms with Gasteiger partial charge in [0, 0.05) is 0 Å². The molecule has 1 aromatic rings. The number of benzene rings is 1. The van der Waals surface area contributed by atoms with Crippen LogP contribution in [0.3, 0.4) is 0 Å². The molecule has 0 aliphatic rings. The minimum absolute atomic E-state index is 0.279. The van der Waals surface area contributed by atoms with Gasteiger partial charge in [-0.15, -0.1) is 0 Å². The molecule has 0 radical (unpaired) electrons. The molecule has 0 aromatic heterocycles. The Morgan fingerprint density at radius 2 is 1.65 bits per heavy atom. The van der Waals surface area contributed by atoms with Gasteiger partial charge in [-0.3, -0.25) is 9.59 Å². The Morgan fingerprint density at radius 1 is 1.04 bits per heavy atom. The zero-order valence-corrected chi connectivity index (χ0v) is 14.0. The molecule has 0 unspecified atom stereocenters. The van der Waals surface area contributed by atoms with E-state index in [4.69, 9.17) is 0 Å². The molecule has 23 heavy (non-hydrogen) atoms. The number of allylic oxidation sites excluding steroid dienone is 3. The van der Waals surface area contributed by atoms with E-state index >= 15 is 0 Å². The summed E-state index contributed by atoms with van der Waals surface area (Å²) in [6, 6.07) is 10.1. The van der Waals surface area contributed by atoms with Crippen LogP contribution in [-0.2, 0) is 19.1 Å². The smallest absolute Gasteiger partial charge is 0.320 e. The van der Waals surface area contributed by atoms with Crippen LogP contribution in [0.15, 0.2) is 48.1 Å². The summed E-state index contributed by atoms with van der Waals surface area (Å²) in [5, 5.41) is 0. The average Bonchev–Trinajstić information content (AvgIpc) is 2.60. The lowest BCUT2D eigenvalue weighted by molar-refractivity contribution is -0.158. The van der Waals surface area contributed by atoms with Crippen LogP contribution in [0.25, 0.3) is 6.08 Å². The van der Waals surface area contributed by atoms with Crippen LogP contribution in [0.1, 0.15) is 31.7 Å². The van der Waals surface area contributed by atoms with Gasteiger partial charge < -0.3 is 9.47 Å². The molecular formula is C19H24O4. The van der Waals surface area contributed by atoms with E-state index in [1.807, 2.05) is 30.4 Å². The highest BCUT2D eigenvalue weighted by Crippen LogP contribution is 2.15. The van der Waals surface area contributed by atoms with Crippen molar-refractivity contribution in [2.24, 2.45) is 5.92 Å². The molecule has 0 atom stereocenters. The number of carbonyl (C=O) groups is 2. The van der Waals surface area contributed by atoms with Crippen molar-refractivity contribution < 1.29 is 19.1 Å². The minimum atomic E-state index is -0.899. The fourth-order valence-electron chi connectivity index (χ4n) is 2.13. The molecule has 4 nitrogen and oxygen atoms in total. The third kappa shape index (κ3) is 6.51. The van der Waals surface area contributed by atoms with Crippen molar-refractivity contribution in [2.75, 3.05) is 14.2 Å². The molecule has 1 rings (SSSR count). The quantitative estimate of drug-likeness (QED) is 0.416. The highest BCUT2D eigenvalue weighted by molar-refractivity contribution is 5.94. The number of methoxy groups -OCH3 is 2. The summed E-state index contributed by atoms with van der Waals surface area (Å²) < 4.78 is 9.26. The van der Waals surface area contributed by atoms with E-state index in [9.17, 15) is 9.59 Å². The van der Waals surface area contributed by atoms with Crippen molar-refractivity contribution in [1.82, 2.24) is 0 Å². The summed E-state index contributed by atoms with van der Waals surface area (Å²) in [7, 11) is 2.53. The van der Waals surface area contributed by atoms with Crippen LogP contribution >= 0.6 is 0 Å². The van der Waals surface area contributed by atoms with Crippen LogP contribution in [0.5, 0.6) is 0 Å². The molecule has 0 aliphatic heterocycles. The van der Waals surface area contributed by atoms with E-state index in [1.54, 1.807) is 0 Å². The van der Waals surface area contributed by atoms with E-state index < -0.39 is 17.9 Å². The second kappa shape index (κ2) is 10.4. The van der Waals surface area contributed by atoms with Gasteiger partial charge in [-0.05, 0) is 24.8 Å². The normalized spacial score (nSPS) is 11.7. The van der Waals surface area contributed by atoms with Crippen molar-refractivity contribution in [3.63, 3.8) is 0 Å². The lowest BCUT2D eigenvalue weighted by atomic mass is 10.0. The predicted octanol–water partition coefficient (Wildman–Crippen LogP) is 3.78. The number of hydrogen-bond acceptors (Lipinski definition) is 4. The number of esters is 2. The first-order valence-electron chi connectivity index (χ1n) is 7.67. The van der Waals surface area contributed by atoms with Crippen molar-refractivity contribution in [3.05, 3.63) is 53.6 Å². The standard InChI is InChI=1S/C19H24O4/c1-4-15(14-16-11-6-5-7-12-16)10-8-9-13-17(18(20)22-2)19(21)23-3/h5-9,11-12,14,17H,4,10,13H2,1-3H3/b9-8+,15-14+. The molecule has 0 N–H and O–H groups in total. The predicted molar refractivity (Wildman–Crippen MR) is 90.6 cm³/mol. The second-order valence-corrected chi connectivity index (χ2v) is 5.08. The number of ether oxygens (including phenoxy) is 2. The highest BCUT2D eigenvalue weighted by Gasteiger charge is 2.26. The van der Waals surface area contributed by atoms with Crippen LogP contribution in [0.2, 0.25) is 0 Å². The summed E-state index contributed by atoms with van der Waals surface area (Å²) in [5.74, 6) is -2.04. The molecule has 0 heterocycles. The fraction of sp³-hybridized carbons (Fsp3) is 0.368. The first-order chi connectivity index (χ1) is 11.1. The SMILES string of the molecule is CC/C(=C\c1ccccc1)C/C=C/CC(C(=O)OC)C(=O)OC. The van der Waals surface area contributed by atoms with E-state index in [-0.39, 0.29) is 6.42 Å². The molecule has 0 saturated heterocycles. The third-order valence-corrected chi connectivity index (χ3v) is 3.51. The lowest BCUT2D eigenvalue weighted by Gasteiger charge is -2.09. The third-order valence-electron chi connectivity index (χ3n) is 3.51. The fourth-order valence-corrected chi connectivity index (χ4v) is 2.13. The Morgan fingerprint density at radius 3 is 2.17 bits per heavy atom. The van der Waals surface area contributed by atoms with Crippen LogP contribution < -0.4 is 0 Å². The molecule has 0 amide bonds. The molecule has 0 bridgehead atoms. The van der Waals surface area contributed by atoms with E-state index in [1.165, 1.54) is 25.4 Å². The molecular weight excluding hydrogens is 292 g/mol. The van der Waals surface area contributed by atoms with Crippen molar-refractivity contribution in [1.29, 1.82) is 0 Å². The Hall–Kier alpha value is -2.36. The summed E-state index contributed by atoms with van der Waals surface area (Å²) in [6.45, 7) is 2.11. The van der Waals surface area contributed by atoms with E-state index in [0.717, 1.165) is 12.8 Å². The average molecular weight is 316 g/mol. The van der Waals surface area contributed by atoms with Gasteiger partial charge in [0.15, 0.2) is 5.92 Å². The van der Waals surface area contributed by atoms with Gasteiger partial charge >= 0.3 is 11.9 Å². The second-order valence-electron chi connectivity index (χ2n) is 5.08. The maximum Gasteiger partial charge on any atom is 0.320 e. The van der Waals surface area contributed by atoms with Gasteiger partial charge in [0.1, 0.15) is 0 Å². The number of hydrogen-bond donors (Lipinski definition) is 0. The zero-order chi connectivity index (χ0) is 17.1. The van der Waals surface area contributed by atoms with Crippen LogP contribution in [0.4, 0.5) is 0 Å². The Bertz CT molecular complexity index is 542. The summed E-state index contributed by atoms with van der Waals surface area (Å²) >= 11 is 0. The van der Waals surface area contributed by atoms with Crippen LogP contribution in [-0.4, -0.2) is 26.2 Å². The van der Waals surface area contributed by atoms with Gasteiger partial charge in [0.05, 0.1) is 14.2 Å². The zero-order valence-electron chi connectivity index (χ0n) is 14.0. The van der Waals surface area contributed by atoms with Gasteiger partial charge in [-0.2, -0.15) is 0 Å². The molecule has 4 heteroatoms. The lowest BCUT2D eigenvalue weighted by Crippen LogP contribution is -2.25. The largest absolute Gasteiger partial charge is 0.468 e. The monoisotopic (exact) mass is 316 g/mol. The Kier molecular flexibility index (Phi) is 8.43. The van der Waals surface area contributed by atoms with Gasteiger partial charge in [-0.1, -0.05) is 61.1 Å². The van der Waals surface area contributed by atoms with Gasteiger partial charge in [0.2, 0.25) is 0 Å². The summed E-state index contributed by atoms with van der Waals surface area (Å²) in [6.07, 6.45) is 7.95. The van der Waals surface area contributed by atoms with Crippen molar-refractivity contribution >= 4 is 18.0 Å². The number of carbonyl (C=O) groups excluding carboxylic acids is 2. The van der Waals surface area contributed by atoms with Gasteiger partial charge in [-0.25, -0.2) is 0 Å². The van der Waals surface area contributed by atoms with Gasteiger partial charge in [0.25, 0.3) is 0 Å². The van der Waals surface area contributed by atoms with E-state index in [0.29, 0.717) is 0 Å². The maximum atomic E-state index is 11.6. The molecule has 1 aromatic carbocycles. The molecule has 0 spiro atoms. The topological polar surface area (TPSA) is 52.6 Å². The molecule has 0 saturated carbocycles. The minimum Gasteiger partial charge on any atom is -0.468 e. The molecule has 124 valence electrons.